The molecule has 12 heteroatoms. The summed E-state index contributed by atoms with van der Waals surface area (Å²) in [5.41, 5.74) is 7.03. The van der Waals surface area contributed by atoms with Crippen molar-refractivity contribution >= 4 is 40.3 Å². The summed E-state index contributed by atoms with van der Waals surface area (Å²) in [5, 5.41) is 0.657. The quantitative estimate of drug-likeness (QED) is 0.179. The van der Waals surface area contributed by atoms with Crippen LogP contribution >= 0.6 is 0 Å². The van der Waals surface area contributed by atoms with E-state index < -0.39 is 29.4 Å². The Morgan fingerprint density at radius 3 is 2.26 bits per heavy atom. The second-order valence-corrected chi connectivity index (χ2v) is 8.09. The third-order valence-corrected chi connectivity index (χ3v) is 5.15. The molecule has 0 aliphatic heterocycles. The number of ether oxygens (including phenoxy) is 3. The Balaban J connectivity index is 0.00000134. The normalized spacial score (nSPS) is 10.0. The molecular formula is C27H25N3O8S. The van der Waals surface area contributed by atoms with Gasteiger partial charge in [-0.2, -0.15) is 8.42 Å². The second-order valence-electron chi connectivity index (χ2n) is 7.95. The summed E-state index contributed by atoms with van der Waals surface area (Å²) >= 11 is -0.750. The van der Waals surface area contributed by atoms with Gasteiger partial charge in [-0.15, -0.1) is 0 Å². The molecule has 0 saturated carbocycles. The zero-order chi connectivity index (χ0) is 28.2. The summed E-state index contributed by atoms with van der Waals surface area (Å²) in [5.74, 6) is -1.17. The van der Waals surface area contributed by atoms with E-state index in [1.807, 2.05) is 66.9 Å². The largest absolute Gasteiger partial charge is 0.487 e. The van der Waals surface area contributed by atoms with Crippen LogP contribution in [0.4, 0.5) is 0 Å². The van der Waals surface area contributed by atoms with E-state index in [1.165, 1.54) is 0 Å². The molecule has 4 aromatic rings. The molecule has 1 aromatic heterocycles. The number of carbonyl (C=O) groups is 3. The van der Waals surface area contributed by atoms with Crippen LogP contribution in [0.25, 0.3) is 10.9 Å². The molecule has 0 spiro atoms. The first-order valence-electron chi connectivity index (χ1n) is 11.6. The van der Waals surface area contributed by atoms with Crippen molar-refractivity contribution in [1.82, 2.24) is 15.8 Å². The van der Waals surface area contributed by atoms with Gasteiger partial charge in [0.05, 0.1) is 12.1 Å². The van der Waals surface area contributed by atoms with Crippen molar-refractivity contribution in [3.63, 3.8) is 0 Å². The summed E-state index contributed by atoms with van der Waals surface area (Å²) in [6.07, 6.45) is 0. The first-order valence-corrected chi connectivity index (χ1v) is 12.3. The van der Waals surface area contributed by atoms with E-state index in [-0.39, 0.29) is 12.3 Å². The van der Waals surface area contributed by atoms with Gasteiger partial charge in [0.15, 0.2) is 0 Å². The highest BCUT2D eigenvalue weighted by atomic mass is 32.1. The maximum Gasteiger partial charge on any atom is 0.398 e. The highest BCUT2D eigenvalue weighted by Gasteiger charge is 2.18. The van der Waals surface area contributed by atoms with Gasteiger partial charge in [-0.25, -0.2) is 4.79 Å². The zero-order valence-electron chi connectivity index (χ0n) is 21.0. The van der Waals surface area contributed by atoms with Crippen LogP contribution in [0.5, 0.6) is 17.2 Å². The number of hydrogen-bond acceptors (Lipinski definition) is 8. The van der Waals surface area contributed by atoms with Gasteiger partial charge in [0, 0.05) is 11.5 Å². The summed E-state index contributed by atoms with van der Waals surface area (Å²) in [6, 6.07) is 22.4. The number of amides is 2. The maximum atomic E-state index is 12.6. The standard InChI is InChI=1S/C27H25N3O6.O2S/c1-3-34-27(33)26(32)30-29-25(31)22-14-19-13-21(36-20-11-9-17(2)10-12-20)15-23(24(19)28-22)35-16-18-7-5-4-6-8-18;1-3-2/h4-15,28H,3,16H2,1-2H3,(H,29,31)(H,30,32);. The number of nitrogens with one attached hydrogen (secondary N) is 3. The Hall–Kier alpha value is -4.97. The number of aryl methyl sites for hydroxylation is 1. The molecule has 3 N–H and O–H groups in total. The average molecular weight is 552 g/mol. The molecule has 0 unspecified atom stereocenters. The minimum absolute atomic E-state index is 0.0426. The molecule has 0 radical (unpaired) electrons. The number of aromatic amines is 1. The number of hydrazine groups is 1. The number of rotatable bonds is 7. The van der Waals surface area contributed by atoms with E-state index in [2.05, 4.69) is 15.1 Å². The number of esters is 1. The Morgan fingerprint density at radius 2 is 1.59 bits per heavy atom. The van der Waals surface area contributed by atoms with E-state index in [0.29, 0.717) is 34.8 Å². The van der Waals surface area contributed by atoms with Crippen LogP contribution in [0.15, 0.2) is 72.8 Å². The lowest BCUT2D eigenvalue weighted by Gasteiger charge is -2.11. The van der Waals surface area contributed by atoms with Gasteiger partial charge < -0.3 is 19.2 Å². The first kappa shape index (κ1) is 28.6. The van der Waals surface area contributed by atoms with Crippen molar-refractivity contribution in [1.29, 1.82) is 0 Å². The smallest absolute Gasteiger partial charge is 0.398 e. The van der Waals surface area contributed by atoms with Gasteiger partial charge in [-0.1, -0.05) is 48.0 Å². The fourth-order valence-electron chi connectivity index (χ4n) is 3.39. The Morgan fingerprint density at radius 1 is 0.897 bits per heavy atom. The summed E-state index contributed by atoms with van der Waals surface area (Å²) in [7, 11) is 0. The molecule has 1 heterocycles. The summed E-state index contributed by atoms with van der Waals surface area (Å²) < 4.78 is 33.3. The van der Waals surface area contributed by atoms with Gasteiger partial charge >= 0.3 is 23.4 Å². The Kier molecular flexibility index (Phi) is 10.3. The Labute approximate surface area is 227 Å². The highest BCUT2D eigenvalue weighted by Crippen LogP contribution is 2.34. The number of fused-ring (bicyclic) bond motifs is 1. The number of hydrogen-bond donors (Lipinski definition) is 3. The van der Waals surface area contributed by atoms with E-state index in [1.54, 1.807) is 25.1 Å². The lowest BCUT2D eigenvalue weighted by Crippen LogP contribution is -2.45. The molecule has 0 aliphatic carbocycles. The van der Waals surface area contributed by atoms with Gasteiger partial charge in [-0.05, 0) is 43.7 Å². The molecule has 202 valence electrons. The number of benzene rings is 3. The van der Waals surface area contributed by atoms with Gasteiger partial charge in [0.2, 0.25) is 0 Å². The topological polar surface area (TPSA) is 153 Å². The summed E-state index contributed by atoms with van der Waals surface area (Å²) in [6.45, 7) is 3.91. The van der Waals surface area contributed by atoms with E-state index >= 15 is 0 Å². The van der Waals surface area contributed by atoms with Crippen LogP contribution in [0.3, 0.4) is 0 Å². The number of aromatic nitrogens is 1. The molecule has 0 bridgehead atoms. The molecule has 2 amide bonds. The maximum absolute atomic E-state index is 12.6. The van der Waals surface area contributed by atoms with Gasteiger partial charge in [0.1, 0.15) is 29.5 Å². The predicted molar refractivity (Wildman–Crippen MR) is 141 cm³/mol. The first-order chi connectivity index (χ1) is 18.8. The molecule has 11 nitrogen and oxygen atoms in total. The number of H-pyrrole nitrogens is 1. The minimum Gasteiger partial charge on any atom is -0.487 e. The zero-order valence-corrected chi connectivity index (χ0v) is 21.8. The molecule has 0 aliphatic rings. The van der Waals surface area contributed by atoms with Crippen LogP contribution in [-0.2, 0) is 32.5 Å². The third-order valence-electron chi connectivity index (χ3n) is 5.15. The van der Waals surface area contributed by atoms with Crippen LogP contribution in [0.2, 0.25) is 0 Å². The van der Waals surface area contributed by atoms with Crippen molar-refractivity contribution in [2.24, 2.45) is 0 Å². The fourth-order valence-corrected chi connectivity index (χ4v) is 3.39. The van der Waals surface area contributed by atoms with E-state index in [0.717, 1.165) is 11.1 Å². The van der Waals surface area contributed by atoms with Crippen LogP contribution < -0.4 is 20.3 Å². The van der Waals surface area contributed by atoms with Crippen LogP contribution in [0.1, 0.15) is 28.5 Å². The van der Waals surface area contributed by atoms with Gasteiger partial charge in [0.25, 0.3) is 5.91 Å². The minimum atomic E-state index is -1.09. The van der Waals surface area contributed by atoms with Crippen molar-refractivity contribution < 1.29 is 37.0 Å². The van der Waals surface area contributed by atoms with E-state index in [9.17, 15) is 14.4 Å². The third kappa shape index (κ3) is 8.27. The molecular weight excluding hydrogens is 526 g/mol. The fraction of sp³-hybridized carbons (Fsp3) is 0.148. The summed E-state index contributed by atoms with van der Waals surface area (Å²) in [4.78, 5) is 38.8. The highest BCUT2D eigenvalue weighted by molar-refractivity contribution is 7.51. The molecule has 0 fully saturated rings. The average Bonchev–Trinajstić information content (AvgIpc) is 3.37. The second kappa shape index (κ2) is 14.1. The van der Waals surface area contributed by atoms with E-state index in [4.69, 9.17) is 17.9 Å². The monoisotopic (exact) mass is 551 g/mol. The lowest BCUT2D eigenvalue weighted by atomic mass is 10.2. The Bertz CT molecular complexity index is 1480. The molecule has 39 heavy (non-hydrogen) atoms. The van der Waals surface area contributed by atoms with Crippen molar-refractivity contribution in [2.45, 2.75) is 20.5 Å². The molecule has 3 aromatic carbocycles. The molecule has 0 atom stereocenters. The van der Waals surface area contributed by atoms with Crippen LogP contribution in [0, 0.1) is 6.92 Å². The molecule has 0 saturated heterocycles. The number of carbonyl (C=O) groups excluding carboxylic acids is 3. The SMILES string of the molecule is CCOC(=O)C(=O)NNC(=O)c1cc2cc(Oc3ccc(C)cc3)cc(OCc3ccccc3)c2[nH]1.O=S=O. The van der Waals surface area contributed by atoms with Crippen molar-refractivity contribution in [3.05, 3.63) is 89.6 Å². The molecule has 4 rings (SSSR count). The lowest BCUT2D eigenvalue weighted by molar-refractivity contribution is -0.154. The van der Waals surface area contributed by atoms with Crippen LogP contribution in [-0.4, -0.2) is 37.8 Å². The predicted octanol–water partition coefficient (Wildman–Crippen LogP) is 3.50. The van der Waals surface area contributed by atoms with Crippen molar-refractivity contribution in [2.75, 3.05) is 6.61 Å². The van der Waals surface area contributed by atoms with Gasteiger partial charge in [-0.3, -0.25) is 20.4 Å². The van der Waals surface area contributed by atoms with Crippen molar-refractivity contribution in [3.8, 4) is 17.2 Å².